The van der Waals surface area contributed by atoms with E-state index in [4.69, 9.17) is 4.74 Å². The first-order valence-electron chi connectivity index (χ1n) is 6.74. The molecule has 0 saturated carbocycles. The first-order valence-corrected chi connectivity index (χ1v) is 6.74. The molecule has 1 fully saturated rings. The molecule has 0 N–H and O–H groups in total. The molecule has 1 aromatic carbocycles. The van der Waals surface area contributed by atoms with Gasteiger partial charge in [0.1, 0.15) is 0 Å². The van der Waals surface area contributed by atoms with E-state index in [1.54, 1.807) is 0 Å². The molecule has 1 heterocycles. The van der Waals surface area contributed by atoms with Gasteiger partial charge in [-0.15, -0.1) is 13.2 Å². The summed E-state index contributed by atoms with van der Waals surface area (Å²) in [6.45, 7) is 7.73. The number of rotatable bonds is 5. The molecule has 0 spiro atoms. The van der Waals surface area contributed by atoms with Crippen molar-refractivity contribution in [2.45, 2.75) is 43.8 Å². The summed E-state index contributed by atoms with van der Waals surface area (Å²) in [4.78, 5) is 0. The Labute approximate surface area is 110 Å². The van der Waals surface area contributed by atoms with Crippen molar-refractivity contribution in [2.24, 2.45) is 0 Å². The zero-order valence-electron chi connectivity index (χ0n) is 11.0. The minimum Gasteiger partial charge on any atom is -0.366 e. The maximum absolute atomic E-state index is 6.40. The van der Waals surface area contributed by atoms with Crippen LogP contribution in [0.1, 0.15) is 43.8 Å². The first-order chi connectivity index (χ1) is 8.79. The van der Waals surface area contributed by atoms with Gasteiger partial charge in [-0.25, -0.2) is 0 Å². The molecule has 0 amide bonds. The van der Waals surface area contributed by atoms with Crippen molar-refractivity contribution in [3.05, 3.63) is 61.2 Å². The van der Waals surface area contributed by atoms with Crippen molar-refractivity contribution < 1.29 is 4.74 Å². The van der Waals surface area contributed by atoms with E-state index >= 15 is 0 Å². The van der Waals surface area contributed by atoms with E-state index in [0.29, 0.717) is 0 Å². The van der Waals surface area contributed by atoms with Crippen LogP contribution in [-0.4, -0.2) is 5.60 Å². The Kier molecular flexibility index (Phi) is 4.38. The van der Waals surface area contributed by atoms with E-state index in [2.05, 4.69) is 37.4 Å². The maximum atomic E-state index is 6.40. The van der Waals surface area contributed by atoms with Gasteiger partial charge in [0.05, 0.1) is 11.7 Å². The van der Waals surface area contributed by atoms with Crippen LogP contribution in [-0.2, 0) is 4.74 Å². The average Bonchev–Trinajstić information content (AvgIpc) is 2.40. The zero-order chi connectivity index (χ0) is 12.8. The molecular formula is C17H22O. The van der Waals surface area contributed by atoms with Crippen molar-refractivity contribution in [1.29, 1.82) is 0 Å². The minimum atomic E-state index is -0.0811. The van der Waals surface area contributed by atoms with Crippen LogP contribution in [0.4, 0.5) is 0 Å². The highest BCUT2D eigenvalue weighted by Gasteiger charge is 2.35. The Morgan fingerprint density at radius 2 is 1.83 bits per heavy atom. The van der Waals surface area contributed by atoms with Crippen LogP contribution >= 0.6 is 0 Å². The molecule has 2 rings (SSSR count). The van der Waals surface area contributed by atoms with Gasteiger partial charge in [-0.3, -0.25) is 0 Å². The van der Waals surface area contributed by atoms with Gasteiger partial charge in [0, 0.05) is 0 Å². The monoisotopic (exact) mass is 242 g/mol. The molecule has 18 heavy (non-hydrogen) atoms. The van der Waals surface area contributed by atoms with E-state index in [9.17, 15) is 0 Å². The van der Waals surface area contributed by atoms with Crippen LogP contribution in [0.25, 0.3) is 0 Å². The summed E-state index contributed by atoms with van der Waals surface area (Å²) >= 11 is 0. The summed E-state index contributed by atoms with van der Waals surface area (Å²) in [7, 11) is 0. The molecule has 1 aliphatic heterocycles. The fourth-order valence-electron chi connectivity index (χ4n) is 2.84. The van der Waals surface area contributed by atoms with E-state index in [0.717, 1.165) is 25.7 Å². The Hall–Kier alpha value is -1.34. The van der Waals surface area contributed by atoms with Gasteiger partial charge in [0.2, 0.25) is 0 Å². The minimum absolute atomic E-state index is 0.0811. The van der Waals surface area contributed by atoms with E-state index in [1.807, 2.05) is 18.2 Å². The van der Waals surface area contributed by atoms with E-state index < -0.39 is 0 Å². The highest BCUT2D eigenvalue weighted by molar-refractivity contribution is 5.18. The molecule has 0 radical (unpaired) electrons. The molecule has 1 nitrogen and oxygen atoms in total. The summed E-state index contributed by atoms with van der Waals surface area (Å²) in [6, 6.07) is 10.5. The standard InChI is InChI=1S/C17H22O/c1-3-12-17(13-4-2)14-8-11-16(18-17)15-9-6-5-7-10-15/h3-7,9-10,16H,1-2,8,11-14H2. The van der Waals surface area contributed by atoms with Gasteiger partial charge < -0.3 is 4.74 Å². The van der Waals surface area contributed by atoms with Gasteiger partial charge in [-0.1, -0.05) is 42.5 Å². The van der Waals surface area contributed by atoms with Gasteiger partial charge in [0.15, 0.2) is 0 Å². The molecule has 96 valence electrons. The highest BCUT2D eigenvalue weighted by atomic mass is 16.5. The third-order valence-electron chi connectivity index (χ3n) is 3.70. The molecule has 0 aromatic heterocycles. The summed E-state index contributed by atoms with van der Waals surface area (Å²) in [6.07, 6.45) is 9.40. The van der Waals surface area contributed by atoms with Crippen LogP contribution in [0.2, 0.25) is 0 Å². The Balaban J connectivity index is 2.15. The van der Waals surface area contributed by atoms with Crippen molar-refractivity contribution in [3.8, 4) is 0 Å². The van der Waals surface area contributed by atoms with Gasteiger partial charge in [-0.2, -0.15) is 0 Å². The zero-order valence-corrected chi connectivity index (χ0v) is 11.0. The highest BCUT2D eigenvalue weighted by Crippen LogP contribution is 2.41. The fraction of sp³-hybridized carbons (Fsp3) is 0.412. The Morgan fingerprint density at radius 1 is 1.17 bits per heavy atom. The first kappa shape index (κ1) is 13.1. The SMILES string of the molecule is C=CCC1(CC=C)CCCC(c2ccccc2)O1. The van der Waals surface area contributed by atoms with Gasteiger partial charge in [0.25, 0.3) is 0 Å². The van der Waals surface area contributed by atoms with Crippen molar-refractivity contribution >= 4 is 0 Å². The largest absolute Gasteiger partial charge is 0.366 e. The van der Waals surface area contributed by atoms with E-state index in [-0.39, 0.29) is 11.7 Å². The van der Waals surface area contributed by atoms with Crippen LogP contribution in [0.3, 0.4) is 0 Å². The second kappa shape index (κ2) is 6.01. The lowest BCUT2D eigenvalue weighted by molar-refractivity contribution is -0.127. The van der Waals surface area contributed by atoms with Crippen LogP contribution in [0.5, 0.6) is 0 Å². The third-order valence-corrected chi connectivity index (χ3v) is 3.70. The lowest BCUT2D eigenvalue weighted by Gasteiger charge is -2.40. The smallest absolute Gasteiger partial charge is 0.0832 e. The Bertz CT molecular complexity index is 383. The quantitative estimate of drug-likeness (QED) is 0.673. The van der Waals surface area contributed by atoms with Crippen LogP contribution in [0.15, 0.2) is 55.6 Å². The summed E-state index contributed by atoms with van der Waals surface area (Å²) in [5.74, 6) is 0. The average molecular weight is 242 g/mol. The van der Waals surface area contributed by atoms with Gasteiger partial charge in [-0.05, 0) is 37.7 Å². The van der Waals surface area contributed by atoms with Crippen molar-refractivity contribution in [1.82, 2.24) is 0 Å². The van der Waals surface area contributed by atoms with Crippen LogP contribution < -0.4 is 0 Å². The molecule has 1 aliphatic rings. The molecule has 1 saturated heterocycles. The molecular weight excluding hydrogens is 220 g/mol. The second-order valence-corrected chi connectivity index (χ2v) is 5.08. The summed E-state index contributed by atoms with van der Waals surface area (Å²) in [5.41, 5.74) is 1.21. The number of hydrogen-bond donors (Lipinski definition) is 0. The third kappa shape index (κ3) is 2.91. The summed E-state index contributed by atoms with van der Waals surface area (Å²) < 4.78 is 6.40. The molecule has 1 unspecified atom stereocenters. The lowest BCUT2D eigenvalue weighted by atomic mass is 9.84. The van der Waals surface area contributed by atoms with Crippen molar-refractivity contribution in [2.75, 3.05) is 0 Å². The van der Waals surface area contributed by atoms with Gasteiger partial charge >= 0.3 is 0 Å². The fourth-order valence-corrected chi connectivity index (χ4v) is 2.84. The number of ether oxygens (including phenoxy) is 1. The Morgan fingerprint density at radius 3 is 2.44 bits per heavy atom. The topological polar surface area (TPSA) is 9.23 Å². The lowest BCUT2D eigenvalue weighted by Crippen LogP contribution is -2.36. The maximum Gasteiger partial charge on any atom is 0.0832 e. The second-order valence-electron chi connectivity index (χ2n) is 5.08. The summed E-state index contributed by atoms with van der Waals surface area (Å²) in [5, 5.41) is 0. The number of benzene rings is 1. The van der Waals surface area contributed by atoms with Crippen molar-refractivity contribution in [3.63, 3.8) is 0 Å². The molecule has 1 aromatic rings. The normalized spacial score (nSPS) is 22.3. The molecule has 0 aliphatic carbocycles. The predicted molar refractivity (Wildman–Crippen MR) is 76.5 cm³/mol. The van der Waals surface area contributed by atoms with E-state index in [1.165, 1.54) is 12.0 Å². The van der Waals surface area contributed by atoms with Crippen LogP contribution in [0, 0.1) is 0 Å². The number of hydrogen-bond acceptors (Lipinski definition) is 1. The predicted octanol–water partition coefficient (Wildman–Crippen LogP) is 4.82. The molecule has 1 atom stereocenters. The molecule has 1 heteroatoms. The molecule has 0 bridgehead atoms.